The number of halogens is 1. The highest BCUT2D eigenvalue weighted by atomic mass is 19.1. The van der Waals surface area contributed by atoms with Gasteiger partial charge in [0.25, 0.3) is 5.91 Å². The van der Waals surface area contributed by atoms with Crippen molar-refractivity contribution >= 4 is 17.5 Å². The molecule has 1 atom stereocenters. The predicted octanol–water partition coefficient (Wildman–Crippen LogP) is 1.53. The number of carbonyl (C=O) groups excluding carboxylic acids is 2. The van der Waals surface area contributed by atoms with Crippen molar-refractivity contribution in [3.63, 3.8) is 0 Å². The Morgan fingerprint density at radius 3 is 2.44 bits per heavy atom. The van der Waals surface area contributed by atoms with Crippen molar-refractivity contribution in [3.8, 4) is 0 Å². The summed E-state index contributed by atoms with van der Waals surface area (Å²) in [5.74, 6) is -0.595. The van der Waals surface area contributed by atoms with Crippen molar-refractivity contribution in [3.05, 3.63) is 30.1 Å². The zero-order valence-corrected chi connectivity index (χ0v) is 9.73. The molecule has 1 aliphatic carbocycles. The van der Waals surface area contributed by atoms with E-state index < -0.39 is 6.04 Å². The summed E-state index contributed by atoms with van der Waals surface area (Å²) in [6.45, 7) is 0. The molecule has 4 nitrogen and oxygen atoms in total. The van der Waals surface area contributed by atoms with E-state index in [0.29, 0.717) is 5.69 Å². The predicted molar refractivity (Wildman–Crippen MR) is 63.3 cm³/mol. The average Bonchev–Trinajstić information content (AvgIpc) is 3.12. The van der Waals surface area contributed by atoms with Gasteiger partial charge in [0.15, 0.2) is 0 Å². The number of carbonyl (C=O) groups is 2. The minimum absolute atomic E-state index is 0.109. The van der Waals surface area contributed by atoms with Crippen molar-refractivity contribution < 1.29 is 14.0 Å². The first kappa shape index (κ1) is 11.2. The van der Waals surface area contributed by atoms with Crippen LogP contribution in [0.4, 0.5) is 10.1 Å². The third-order valence-corrected chi connectivity index (χ3v) is 3.28. The summed E-state index contributed by atoms with van der Waals surface area (Å²) in [6.07, 6.45) is 2.02. The van der Waals surface area contributed by atoms with E-state index in [-0.39, 0.29) is 30.1 Å². The first-order valence-corrected chi connectivity index (χ1v) is 6.03. The van der Waals surface area contributed by atoms with E-state index in [2.05, 4.69) is 5.32 Å². The first-order chi connectivity index (χ1) is 8.65. The Hall–Kier alpha value is -1.91. The number of anilines is 1. The summed E-state index contributed by atoms with van der Waals surface area (Å²) in [6, 6.07) is 5.37. The van der Waals surface area contributed by atoms with E-state index in [1.807, 2.05) is 0 Å². The maximum Gasteiger partial charge on any atom is 0.252 e. The number of amides is 2. The average molecular weight is 248 g/mol. The van der Waals surface area contributed by atoms with Gasteiger partial charge in [0.1, 0.15) is 11.9 Å². The monoisotopic (exact) mass is 248 g/mol. The number of hydrogen-bond donors (Lipinski definition) is 1. The van der Waals surface area contributed by atoms with Crippen LogP contribution in [0.5, 0.6) is 0 Å². The van der Waals surface area contributed by atoms with Gasteiger partial charge in [-0.15, -0.1) is 0 Å². The summed E-state index contributed by atoms with van der Waals surface area (Å²) in [5.41, 5.74) is 0.653. The molecule has 94 valence electrons. The number of likely N-dealkylation sites (tertiary alicyclic amines) is 1. The first-order valence-electron chi connectivity index (χ1n) is 6.03. The second-order valence-electron chi connectivity index (χ2n) is 4.74. The SMILES string of the molecule is O=C1CC(Nc2ccc(F)cc2)C(=O)N1C1CC1. The van der Waals surface area contributed by atoms with Crippen LogP contribution in [0.3, 0.4) is 0 Å². The van der Waals surface area contributed by atoms with E-state index in [0.717, 1.165) is 12.8 Å². The van der Waals surface area contributed by atoms with Crippen molar-refractivity contribution in [1.82, 2.24) is 4.90 Å². The lowest BCUT2D eigenvalue weighted by Crippen LogP contribution is -2.36. The van der Waals surface area contributed by atoms with Gasteiger partial charge < -0.3 is 5.32 Å². The molecular weight excluding hydrogens is 235 g/mol. The standard InChI is InChI=1S/C13H13FN2O2/c14-8-1-3-9(4-2-8)15-11-7-12(17)16(13(11)18)10-5-6-10/h1-4,10-11,15H,5-7H2. The van der Waals surface area contributed by atoms with Gasteiger partial charge >= 0.3 is 0 Å². The molecule has 0 aromatic heterocycles. The van der Waals surface area contributed by atoms with Crippen LogP contribution in [0.25, 0.3) is 0 Å². The molecule has 2 aliphatic rings. The zero-order valence-electron chi connectivity index (χ0n) is 9.73. The van der Waals surface area contributed by atoms with E-state index in [4.69, 9.17) is 0 Å². The van der Waals surface area contributed by atoms with Crippen molar-refractivity contribution in [2.45, 2.75) is 31.3 Å². The minimum atomic E-state index is -0.511. The number of benzene rings is 1. The van der Waals surface area contributed by atoms with Crippen LogP contribution in [0.1, 0.15) is 19.3 Å². The van der Waals surface area contributed by atoms with Gasteiger partial charge in [-0.2, -0.15) is 0 Å². The number of nitrogens with one attached hydrogen (secondary N) is 1. The van der Waals surface area contributed by atoms with Crippen LogP contribution in [0, 0.1) is 5.82 Å². The Labute approximate surface area is 104 Å². The maximum atomic E-state index is 12.8. The number of nitrogens with zero attached hydrogens (tertiary/aromatic N) is 1. The molecule has 1 aromatic rings. The molecule has 1 aliphatic heterocycles. The topological polar surface area (TPSA) is 49.4 Å². The smallest absolute Gasteiger partial charge is 0.252 e. The molecule has 1 N–H and O–H groups in total. The largest absolute Gasteiger partial charge is 0.373 e. The van der Waals surface area contributed by atoms with Gasteiger partial charge in [0, 0.05) is 11.7 Å². The lowest BCUT2D eigenvalue weighted by atomic mass is 10.2. The molecule has 1 aromatic carbocycles. The molecule has 1 saturated heterocycles. The highest BCUT2D eigenvalue weighted by molar-refractivity contribution is 6.07. The maximum absolute atomic E-state index is 12.8. The highest BCUT2D eigenvalue weighted by Crippen LogP contribution is 2.32. The van der Waals surface area contributed by atoms with E-state index >= 15 is 0 Å². The Morgan fingerprint density at radius 2 is 1.83 bits per heavy atom. The Morgan fingerprint density at radius 1 is 1.17 bits per heavy atom. The van der Waals surface area contributed by atoms with Crippen molar-refractivity contribution in [2.75, 3.05) is 5.32 Å². The van der Waals surface area contributed by atoms with Gasteiger partial charge in [-0.1, -0.05) is 0 Å². The van der Waals surface area contributed by atoms with Crippen LogP contribution in [0.2, 0.25) is 0 Å². The summed E-state index contributed by atoms with van der Waals surface area (Å²) < 4.78 is 12.8. The normalized spacial score (nSPS) is 23.6. The Balaban J connectivity index is 1.72. The minimum Gasteiger partial charge on any atom is -0.373 e. The quantitative estimate of drug-likeness (QED) is 0.825. The van der Waals surface area contributed by atoms with E-state index in [1.165, 1.54) is 17.0 Å². The highest BCUT2D eigenvalue weighted by Gasteiger charge is 2.45. The summed E-state index contributed by atoms with van der Waals surface area (Å²) in [4.78, 5) is 25.1. The van der Waals surface area contributed by atoms with Crippen molar-refractivity contribution in [1.29, 1.82) is 0 Å². The number of hydrogen-bond acceptors (Lipinski definition) is 3. The summed E-state index contributed by atoms with van der Waals surface area (Å²) in [5, 5.41) is 2.98. The van der Waals surface area contributed by atoms with Gasteiger partial charge in [0.05, 0.1) is 6.42 Å². The molecule has 0 radical (unpaired) electrons. The van der Waals surface area contributed by atoms with Crippen LogP contribution >= 0.6 is 0 Å². The molecule has 1 heterocycles. The molecule has 2 amide bonds. The van der Waals surface area contributed by atoms with Crippen LogP contribution in [-0.2, 0) is 9.59 Å². The Kier molecular flexibility index (Phi) is 2.54. The lowest BCUT2D eigenvalue weighted by molar-refractivity contribution is -0.139. The lowest BCUT2D eigenvalue weighted by Gasteiger charge is -2.15. The van der Waals surface area contributed by atoms with Gasteiger partial charge in [-0.05, 0) is 37.1 Å². The van der Waals surface area contributed by atoms with Crippen molar-refractivity contribution in [2.24, 2.45) is 0 Å². The van der Waals surface area contributed by atoms with E-state index in [9.17, 15) is 14.0 Å². The number of rotatable bonds is 3. The summed E-state index contributed by atoms with van der Waals surface area (Å²) >= 11 is 0. The fraction of sp³-hybridized carbons (Fsp3) is 0.385. The molecule has 5 heteroatoms. The van der Waals surface area contributed by atoms with Gasteiger partial charge in [0.2, 0.25) is 5.91 Å². The second kappa shape index (κ2) is 4.08. The molecule has 1 saturated carbocycles. The molecule has 3 rings (SSSR count). The zero-order chi connectivity index (χ0) is 12.7. The molecule has 18 heavy (non-hydrogen) atoms. The third-order valence-electron chi connectivity index (χ3n) is 3.28. The van der Waals surface area contributed by atoms with Crippen LogP contribution in [0.15, 0.2) is 24.3 Å². The van der Waals surface area contributed by atoms with E-state index in [1.54, 1.807) is 12.1 Å². The second-order valence-corrected chi connectivity index (χ2v) is 4.74. The number of imide groups is 1. The fourth-order valence-corrected chi connectivity index (χ4v) is 2.23. The third kappa shape index (κ3) is 1.96. The van der Waals surface area contributed by atoms with Gasteiger partial charge in [-0.3, -0.25) is 14.5 Å². The van der Waals surface area contributed by atoms with Crippen LogP contribution in [-0.4, -0.2) is 28.8 Å². The van der Waals surface area contributed by atoms with Gasteiger partial charge in [-0.25, -0.2) is 4.39 Å². The molecule has 0 bridgehead atoms. The summed E-state index contributed by atoms with van der Waals surface area (Å²) in [7, 11) is 0. The Bertz CT molecular complexity index is 496. The molecule has 0 spiro atoms. The van der Waals surface area contributed by atoms with Crippen LogP contribution < -0.4 is 5.32 Å². The fourth-order valence-electron chi connectivity index (χ4n) is 2.23. The molecular formula is C13H13FN2O2. The molecule has 2 fully saturated rings. The molecule has 1 unspecified atom stereocenters.